The number of hydrogen-bond donors (Lipinski definition) is 0. The molecule has 2 aliphatic carbocycles. The highest BCUT2D eigenvalue weighted by Gasteiger charge is 2.31. The molecule has 0 aromatic heterocycles. The van der Waals surface area contributed by atoms with Gasteiger partial charge in [0.15, 0.2) is 11.6 Å². The maximum Gasteiger partial charge on any atom is 0.166 e. The zero-order valence-electron chi connectivity index (χ0n) is 18.6. The van der Waals surface area contributed by atoms with Gasteiger partial charge in [0.25, 0.3) is 0 Å². The molecule has 0 spiro atoms. The third-order valence-electron chi connectivity index (χ3n) is 8.20. The Labute approximate surface area is 181 Å². The van der Waals surface area contributed by atoms with Gasteiger partial charge in [-0.3, -0.25) is 0 Å². The summed E-state index contributed by atoms with van der Waals surface area (Å²) in [6, 6.07) is 8.85. The molecule has 2 aromatic rings. The van der Waals surface area contributed by atoms with Gasteiger partial charge >= 0.3 is 0 Å². The number of unbranched alkanes of at least 4 members (excludes halogenated alkanes) is 3. The Morgan fingerprint density at radius 2 is 1.47 bits per heavy atom. The van der Waals surface area contributed by atoms with Crippen LogP contribution >= 0.6 is 0 Å². The van der Waals surface area contributed by atoms with Crippen molar-refractivity contribution in [2.45, 2.75) is 96.3 Å². The average Bonchev–Trinajstić information content (AvgIpc) is 2.80. The van der Waals surface area contributed by atoms with E-state index in [1.54, 1.807) is 12.1 Å². The van der Waals surface area contributed by atoms with E-state index in [0.29, 0.717) is 11.3 Å². The normalized spacial score (nSPS) is 27.4. The highest BCUT2D eigenvalue weighted by atomic mass is 19.2. The van der Waals surface area contributed by atoms with Crippen LogP contribution in [0.2, 0.25) is 0 Å². The van der Waals surface area contributed by atoms with Crippen molar-refractivity contribution in [3.63, 3.8) is 0 Å². The van der Waals surface area contributed by atoms with Gasteiger partial charge in [0, 0.05) is 5.39 Å². The molecule has 0 atom stereocenters. The molecule has 2 aromatic carbocycles. The predicted octanol–water partition coefficient (Wildman–Crippen LogP) is 9.17. The smallest absolute Gasteiger partial charge is 0.166 e. The molecule has 0 bridgehead atoms. The minimum absolute atomic E-state index is 0.402. The maximum atomic E-state index is 14.0. The number of rotatable bonds is 7. The minimum Gasteiger partial charge on any atom is -0.204 e. The molecule has 2 saturated carbocycles. The molecule has 0 heterocycles. The molecule has 0 unspecified atom stereocenters. The van der Waals surface area contributed by atoms with E-state index >= 15 is 0 Å². The van der Waals surface area contributed by atoms with Crippen LogP contribution in [0.15, 0.2) is 30.3 Å². The lowest BCUT2D eigenvalue weighted by atomic mass is 9.68. The third kappa shape index (κ3) is 5.06. The highest BCUT2D eigenvalue weighted by Crippen LogP contribution is 2.45. The van der Waals surface area contributed by atoms with Crippen molar-refractivity contribution in [2.24, 2.45) is 17.8 Å². The summed E-state index contributed by atoms with van der Waals surface area (Å²) in [6.07, 6.45) is 18.1. The van der Waals surface area contributed by atoms with E-state index < -0.39 is 11.6 Å². The van der Waals surface area contributed by atoms with Crippen LogP contribution < -0.4 is 0 Å². The largest absolute Gasteiger partial charge is 0.204 e. The zero-order chi connectivity index (χ0) is 20.9. The summed E-state index contributed by atoms with van der Waals surface area (Å²) in [7, 11) is 0. The van der Waals surface area contributed by atoms with E-state index in [1.165, 1.54) is 95.1 Å². The molecule has 0 saturated heterocycles. The van der Waals surface area contributed by atoms with Crippen LogP contribution in [0.1, 0.15) is 102 Å². The molecular formula is C28H38F2. The molecule has 0 aliphatic heterocycles. The molecule has 4 rings (SSSR count). The fourth-order valence-corrected chi connectivity index (χ4v) is 6.27. The van der Waals surface area contributed by atoms with Crippen LogP contribution in [-0.2, 0) is 0 Å². The van der Waals surface area contributed by atoms with Crippen LogP contribution in [0.4, 0.5) is 8.78 Å². The lowest BCUT2D eigenvalue weighted by molar-refractivity contribution is 0.155. The van der Waals surface area contributed by atoms with E-state index in [0.717, 1.165) is 23.1 Å². The Bertz CT molecular complexity index is 811. The van der Waals surface area contributed by atoms with Crippen molar-refractivity contribution in [1.82, 2.24) is 0 Å². The number of hydrogen-bond acceptors (Lipinski definition) is 0. The molecule has 0 N–H and O–H groups in total. The molecular weight excluding hydrogens is 374 g/mol. The van der Waals surface area contributed by atoms with Crippen molar-refractivity contribution in [3.05, 3.63) is 47.5 Å². The maximum absolute atomic E-state index is 14.0. The first-order valence-corrected chi connectivity index (χ1v) is 12.5. The standard InChI is InChI=1S/C28H38F2/c1-2-3-4-5-6-20-7-9-21(10-8-20)22-11-13-23(14-12-22)24-15-17-26-25(19-24)16-18-27(29)28(26)30/h15-23H,2-14H2,1H3. The van der Waals surface area contributed by atoms with Gasteiger partial charge < -0.3 is 0 Å². The van der Waals surface area contributed by atoms with E-state index in [9.17, 15) is 8.78 Å². The Morgan fingerprint density at radius 3 is 2.17 bits per heavy atom. The molecule has 0 nitrogen and oxygen atoms in total. The Morgan fingerprint density at radius 1 is 0.767 bits per heavy atom. The van der Waals surface area contributed by atoms with Crippen LogP contribution in [0.5, 0.6) is 0 Å². The van der Waals surface area contributed by atoms with E-state index in [4.69, 9.17) is 0 Å². The van der Waals surface area contributed by atoms with Crippen molar-refractivity contribution >= 4 is 10.8 Å². The van der Waals surface area contributed by atoms with Crippen LogP contribution in [0, 0.1) is 29.4 Å². The lowest BCUT2D eigenvalue weighted by Gasteiger charge is -2.38. The lowest BCUT2D eigenvalue weighted by Crippen LogP contribution is -2.25. The quantitative estimate of drug-likeness (QED) is 0.398. The van der Waals surface area contributed by atoms with Gasteiger partial charge in [0.1, 0.15) is 0 Å². The van der Waals surface area contributed by atoms with Crippen LogP contribution in [0.3, 0.4) is 0 Å². The van der Waals surface area contributed by atoms with Gasteiger partial charge in [-0.1, -0.05) is 76.1 Å². The van der Waals surface area contributed by atoms with E-state index in [1.807, 2.05) is 6.07 Å². The third-order valence-corrected chi connectivity index (χ3v) is 8.20. The fourth-order valence-electron chi connectivity index (χ4n) is 6.27. The number of fused-ring (bicyclic) bond motifs is 1. The van der Waals surface area contributed by atoms with Crippen LogP contribution in [0.25, 0.3) is 10.8 Å². The molecule has 0 amide bonds. The second-order valence-electron chi connectivity index (χ2n) is 10.1. The van der Waals surface area contributed by atoms with Crippen LogP contribution in [-0.4, -0.2) is 0 Å². The summed E-state index contributed by atoms with van der Waals surface area (Å²) in [4.78, 5) is 0. The Kier molecular flexibility index (Phi) is 7.44. The summed E-state index contributed by atoms with van der Waals surface area (Å²) < 4.78 is 27.5. The van der Waals surface area contributed by atoms with Gasteiger partial charge in [0.05, 0.1) is 0 Å². The van der Waals surface area contributed by atoms with E-state index in [2.05, 4.69) is 13.0 Å². The summed E-state index contributed by atoms with van der Waals surface area (Å²) in [5, 5.41) is 1.23. The molecule has 164 valence electrons. The van der Waals surface area contributed by atoms with Crippen molar-refractivity contribution in [2.75, 3.05) is 0 Å². The summed E-state index contributed by atoms with van der Waals surface area (Å²) in [6.45, 7) is 2.29. The second-order valence-corrected chi connectivity index (χ2v) is 10.1. The molecule has 0 radical (unpaired) electrons. The van der Waals surface area contributed by atoms with Gasteiger partial charge in [-0.15, -0.1) is 0 Å². The van der Waals surface area contributed by atoms with Gasteiger partial charge in [0.2, 0.25) is 0 Å². The van der Waals surface area contributed by atoms with Crippen molar-refractivity contribution in [3.8, 4) is 0 Å². The first-order chi connectivity index (χ1) is 14.7. The van der Waals surface area contributed by atoms with Gasteiger partial charge in [-0.25, -0.2) is 8.78 Å². The Balaban J connectivity index is 1.26. The molecule has 2 fully saturated rings. The fraction of sp³-hybridized carbons (Fsp3) is 0.643. The monoisotopic (exact) mass is 412 g/mol. The first-order valence-electron chi connectivity index (χ1n) is 12.5. The predicted molar refractivity (Wildman–Crippen MR) is 123 cm³/mol. The first kappa shape index (κ1) is 21.8. The number of halogens is 2. The van der Waals surface area contributed by atoms with Crippen molar-refractivity contribution < 1.29 is 8.78 Å². The van der Waals surface area contributed by atoms with Gasteiger partial charge in [-0.2, -0.15) is 0 Å². The molecule has 2 heteroatoms. The van der Waals surface area contributed by atoms with Gasteiger partial charge in [-0.05, 0) is 79.2 Å². The zero-order valence-corrected chi connectivity index (χ0v) is 18.6. The molecule has 30 heavy (non-hydrogen) atoms. The second kappa shape index (κ2) is 10.2. The highest BCUT2D eigenvalue weighted by molar-refractivity contribution is 5.84. The topological polar surface area (TPSA) is 0 Å². The summed E-state index contributed by atoms with van der Waals surface area (Å²) in [5.74, 6) is 1.96. The SMILES string of the molecule is CCCCCCC1CCC(C2CCC(c3ccc4c(F)c(F)ccc4c3)CC2)CC1. The average molecular weight is 413 g/mol. The minimum atomic E-state index is -0.758. The van der Waals surface area contributed by atoms with E-state index in [-0.39, 0.29) is 0 Å². The van der Waals surface area contributed by atoms with Crippen molar-refractivity contribution in [1.29, 1.82) is 0 Å². The molecule has 2 aliphatic rings. The Hall–Kier alpha value is -1.44. The summed E-state index contributed by atoms with van der Waals surface area (Å²) >= 11 is 0. The summed E-state index contributed by atoms with van der Waals surface area (Å²) in [5.41, 5.74) is 1.31. The number of benzene rings is 2.